The van der Waals surface area contributed by atoms with Gasteiger partial charge in [-0.05, 0) is 35.9 Å². The summed E-state index contributed by atoms with van der Waals surface area (Å²) in [5.41, 5.74) is 0.746. The molecule has 0 aliphatic carbocycles. The van der Waals surface area contributed by atoms with Gasteiger partial charge in [0.25, 0.3) is 0 Å². The number of nitrogens with one attached hydrogen (secondary N) is 1. The summed E-state index contributed by atoms with van der Waals surface area (Å²) in [5.74, 6) is -0.591. The molecule has 0 aliphatic rings. The summed E-state index contributed by atoms with van der Waals surface area (Å²) in [6.45, 7) is 0.0905. The minimum atomic E-state index is -3.80. The summed E-state index contributed by atoms with van der Waals surface area (Å²) in [5, 5.41) is 0.409. The summed E-state index contributed by atoms with van der Waals surface area (Å²) >= 11 is 11.5. The highest BCUT2D eigenvalue weighted by atomic mass is 35.5. The second kappa shape index (κ2) is 6.10. The van der Waals surface area contributed by atoms with E-state index in [2.05, 4.69) is 4.72 Å². The molecule has 2 rings (SSSR count). The Morgan fingerprint density at radius 3 is 2.30 bits per heavy atom. The average Bonchev–Trinajstić information content (AvgIpc) is 2.37. The van der Waals surface area contributed by atoms with Crippen molar-refractivity contribution in [3.05, 3.63) is 63.9 Å². The van der Waals surface area contributed by atoms with Crippen molar-refractivity contribution in [1.29, 1.82) is 0 Å². The Morgan fingerprint density at radius 2 is 1.70 bits per heavy atom. The Kier molecular flexibility index (Phi) is 4.65. The van der Waals surface area contributed by atoms with E-state index in [9.17, 15) is 12.8 Å². The van der Waals surface area contributed by atoms with Gasteiger partial charge in [0, 0.05) is 11.6 Å². The highest BCUT2D eigenvalue weighted by Crippen LogP contribution is 2.22. The predicted molar refractivity (Wildman–Crippen MR) is 76.9 cm³/mol. The van der Waals surface area contributed by atoms with Crippen LogP contribution in [0.5, 0.6) is 0 Å². The molecule has 106 valence electrons. The van der Waals surface area contributed by atoms with E-state index >= 15 is 0 Å². The second-order valence-corrected chi connectivity index (χ2v) is 6.60. The molecule has 0 saturated carbocycles. The lowest BCUT2D eigenvalue weighted by atomic mass is 10.2. The number of sulfonamides is 1. The molecule has 0 saturated heterocycles. The maximum Gasteiger partial charge on any atom is 0.242 e. The van der Waals surface area contributed by atoms with Crippen molar-refractivity contribution in [2.45, 2.75) is 11.4 Å². The lowest BCUT2D eigenvalue weighted by Gasteiger charge is -2.08. The van der Waals surface area contributed by atoms with Crippen molar-refractivity contribution in [3.63, 3.8) is 0 Å². The van der Waals surface area contributed by atoms with Crippen molar-refractivity contribution >= 4 is 33.2 Å². The van der Waals surface area contributed by atoms with Gasteiger partial charge in [-0.25, -0.2) is 17.5 Å². The number of halogens is 3. The standard InChI is InChI=1S/C13H10Cl2FNO2S/c14-10-3-1-9(2-4-10)8-17-20(18,19)13-6-5-11(16)7-12(13)15/h1-7,17H,8H2. The molecule has 0 radical (unpaired) electrons. The van der Waals surface area contributed by atoms with E-state index in [1.807, 2.05) is 0 Å². The normalized spacial score (nSPS) is 11.6. The summed E-state index contributed by atoms with van der Waals surface area (Å²) < 4.78 is 39.4. The Labute approximate surface area is 126 Å². The van der Waals surface area contributed by atoms with Crippen molar-refractivity contribution < 1.29 is 12.8 Å². The van der Waals surface area contributed by atoms with Crippen LogP contribution < -0.4 is 4.72 Å². The number of rotatable bonds is 4. The fraction of sp³-hybridized carbons (Fsp3) is 0.0769. The van der Waals surface area contributed by atoms with Crippen LogP contribution in [-0.2, 0) is 16.6 Å². The predicted octanol–water partition coefficient (Wildman–Crippen LogP) is 3.61. The zero-order valence-electron chi connectivity index (χ0n) is 10.1. The van der Waals surface area contributed by atoms with Crippen LogP contribution in [0.1, 0.15) is 5.56 Å². The van der Waals surface area contributed by atoms with Gasteiger partial charge in [-0.1, -0.05) is 35.3 Å². The van der Waals surface area contributed by atoms with E-state index in [1.165, 1.54) is 0 Å². The van der Waals surface area contributed by atoms with Crippen molar-refractivity contribution in [2.75, 3.05) is 0 Å². The van der Waals surface area contributed by atoms with Crippen molar-refractivity contribution in [3.8, 4) is 0 Å². The molecule has 2 aromatic rings. The van der Waals surface area contributed by atoms with Gasteiger partial charge in [0.1, 0.15) is 10.7 Å². The maximum absolute atomic E-state index is 12.9. The molecule has 0 spiro atoms. The van der Waals surface area contributed by atoms with E-state index < -0.39 is 15.8 Å². The molecule has 7 heteroatoms. The molecule has 0 heterocycles. The summed E-state index contributed by atoms with van der Waals surface area (Å²) in [7, 11) is -3.80. The Morgan fingerprint density at radius 1 is 1.05 bits per heavy atom. The van der Waals surface area contributed by atoms with E-state index in [0.717, 1.165) is 23.8 Å². The van der Waals surface area contributed by atoms with Crippen LogP contribution in [0, 0.1) is 5.82 Å². The minimum Gasteiger partial charge on any atom is -0.207 e. The highest BCUT2D eigenvalue weighted by molar-refractivity contribution is 7.89. The van der Waals surface area contributed by atoms with Gasteiger partial charge in [0.05, 0.1) is 5.02 Å². The number of benzene rings is 2. The van der Waals surface area contributed by atoms with Gasteiger partial charge in [0.15, 0.2) is 0 Å². The van der Waals surface area contributed by atoms with Crippen LogP contribution in [0.15, 0.2) is 47.4 Å². The lowest BCUT2D eigenvalue weighted by Crippen LogP contribution is -2.23. The summed E-state index contributed by atoms with van der Waals surface area (Å²) in [6.07, 6.45) is 0. The molecule has 3 nitrogen and oxygen atoms in total. The molecule has 0 unspecified atom stereocenters. The molecular weight excluding hydrogens is 324 g/mol. The first-order valence-electron chi connectivity index (χ1n) is 5.58. The fourth-order valence-electron chi connectivity index (χ4n) is 1.55. The Hall–Kier alpha value is -1.14. The van der Waals surface area contributed by atoms with Gasteiger partial charge in [0.2, 0.25) is 10.0 Å². The molecular formula is C13H10Cl2FNO2S. The molecule has 0 aliphatic heterocycles. The maximum atomic E-state index is 12.9. The monoisotopic (exact) mass is 333 g/mol. The van der Waals surface area contributed by atoms with Crippen molar-refractivity contribution in [1.82, 2.24) is 4.72 Å². The van der Waals surface area contributed by atoms with Crippen LogP contribution in [-0.4, -0.2) is 8.42 Å². The third kappa shape index (κ3) is 3.70. The fourth-order valence-corrected chi connectivity index (χ4v) is 3.22. The molecule has 0 fully saturated rings. The van der Waals surface area contributed by atoms with Crippen LogP contribution in [0.2, 0.25) is 10.0 Å². The largest absolute Gasteiger partial charge is 0.242 e. The molecule has 2 aromatic carbocycles. The van der Waals surface area contributed by atoms with Crippen LogP contribution in [0.25, 0.3) is 0 Å². The van der Waals surface area contributed by atoms with E-state index in [-0.39, 0.29) is 16.5 Å². The Bertz CT molecular complexity index is 718. The first kappa shape index (κ1) is 15.3. The third-order valence-electron chi connectivity index (χ3n) is 2.56. The average molecular weight is 334 g/mol. The van der Waals surface area contributed by atoms with Gasteiger partial charge in [-0.2, -0.15) is 0 Å². The smallest absolute Gasteiger partial charge is 0.207 e. The summed E-state index contributed by atoms with van der Waals surface area (Å²) in [6, 6.07) is 9.86. The van der Waals surface area contributed by atoms with Gasteiger partial charge < -0.3 is 0 Å². The SMILES string of the molecule is O=S(=O)(NCc1ccc(Cl)cc1)c1ccc(F)cc1Cl. The van der Waals surface area contributed by atoms with Gasteiger partial charge in [-0.3, -0.25) is 0 Å². The first-order valence-corrected chi connectivity index (χ1v) is 7.81. The zero-order chi connectivity index (χ0) is 14.8. The molecule has 0 atom stereocenters. The molecule has 1 N–H and O–H groups in total. The molecule has 0 bridgehead atoms. The van der Waals surface area contributed by atoms with E-state index in [0.29, 0.717) is 5.02 Å². The topological polar surface area (TPSA) is 46.2 Å². The number of hydrogen-bond donors (Lipinski definition) is 1. The van der Waals surface area contributed by atoms with Gasteiger partial charge >= 0.3 is 0 Å². The number of hydrogen-bond acceptors (Lipinski definition) is 2. The second-order valence-electron chi connectivity index (χ2n) is 4.03. The van der Waals surface area contributed by atoms with Crippen molar-refractivity contribution in [2.24, 2.45) is 0 Å². The molecule has 0 amide bonds. The third-order valence-corrected chi connectivity index (χ3v) is 4.70. The van der Waals surface area contributed by atoms with Crippen LogP contribution >= 0.6 is 23.2 Å². The Balaban J connectivity index is 2.17. The molecule has 20 heavy (non-hydrogen) atoms. The molecule has 0 aromatic heterocycles. The lowest BCUT2D eigenvalue weighted by molar-refractivity contribution is 0.580. The van der Waals surface area contributed by atoms with E-state index in [1.54, 1.807) is 24.3 Å². The first-order chi connectivity index (χ1) is 9.38. The zero-order valence-corrected chi connectivity index (χ0v) is 12.4. The van der Waals surface area contributed by atoms with E-state index in [4.69, 9.17) is 23.2 Å². The quantitative estimate of drug-likeness (QED) is 0.928. The summed E-state index contributed by atoms with van der Waals surface area (Å²) in [4.78, 5) is -0.158. The van der Waals surface area contributed by atoms with Crippen LogP contribution in [0.3, 0.4) is 0 Å². The highest BCUT2D eigenvalue weighted by Gasteiger charge is 2.17. The van der Waals surface area contributed by atoms with Crippen LogP contribution in [0.4, 0.5) is 4.39 Å². The minimum absolute atomic E-state index is 0.0905. The van der Waals surface area contributed by atoms with Gasteiger partial charge in [-0.15, -0.1) is 0 Å².